The number of rotatable bonds is 9. The summed E-state index contributed by atoms with van der Waals surface area (Å²) in [6.45, 7) is 8.28. The van der Waals surface area contributed by atoms with Gasteiger partial charge in [-0.25, -0.2) is 4.79 Å². The number of esters is 1. The van der Waals surface area contributed by atoms with E-state index in [2.05, 4.69) is 13.8 Å². The van der Waals surface area contributed by atoms with Crippen molar-refractivity contribution >= 4 is 5.97 Å². The van der Waals surface area contributed by atoms with Crippen molar-refractivity contribution in [2.45, 2.75) is 72.3 Å². The number of hydrogen-bond donors (Lipinski definition) is 0. The summed E-state index contributed by atoms with van der Waals surface area (Å²) in [5.41, 5.74) is 0. The fourth-order valence-electron chi connectivity index (χ4n) is 1.95. The van der Waals surface area contributed by atoms with Crippen LogP contribution in [0, 0.1) is 5.92 Å². The van der Waals surface area contributed by atoms with Crippen LogP contribution in [0.1, 0.15) is 66.2 Å². The van der Waals surface area contributed by atoms with Gasteiger partial charge in [-0.2, -0.15) is 0 Å². The maximum atomic E-state index is 11.2. The standard InChI is InChI=1S/C15H28O2/c1-5-8-10-14(7-3)12-11-13(4)17-15(16)9-6-2/h6,9,13-14H,5,7-8,10-12H2,1-4H3/b9-6-/t13-,14+/m1/s1. The van der Waals surface area contributed by atoms with Crippen LogP contribution in [0.4, 0.5) is 0 Å². The van der Waals surface area contributed by atoms with Gasteiger partial charge in [0.2, 0.25) is 0 Å². The first kappa shape index (κ1) is 16.2. The third-order valence-corrected chi connectivity index (χ3v) is 3.14. The van der Waals surface area contributed by atoms with Gasteiger partial charge in [0.25, 0.3) is 0 Å². The topological polar surface area (TPSA) is 26.3 Å². The second kappa shape index (κ2) is 10.4. The van der Waals surface area contributed by atoms with Crippen LogP contribution < -0.4 is 0 Å². The van der Waals surface area contributed by atoms with Crippen molar-refractivity contribution in [3.8, 4) is 0 Å². The van der Waals surface area contributed by atoms with Gasteiger partial charge in [-0.1, -0.05) is 45.6 Å². The van der Waals surface area contributed by atoms with Crippen LogP contribution in [0.3, 0.4) is 0 Å². The molecule has 0 radical (unpaired) electrons. The van der Waals surface area contributed by atoms with E-state index < -0.39 is 0 Å². The maximum absolute atomic E-state index is 11.2. The molecule has 0 aromatic rings. The van der Waals surface area contributed by atoms with Gasteiger partial charge in [0, 0.05) is 6.08 Å². The summed E-state index contributed by atoms with van der Waals surface area (Å²) in [6, 6.07) is 0. The molecule has 100 valence electrons. The first-order valence-electron chi connectivity index (χ1n) is 6.97. The van der Waals surface area contributed by atoms with Crippen molar-refractivity contribution in [1.29, 1.82) is 0 Å². The van der Waals surface area contributed by atoms with E-state index in [4.69, 9.17) is 4.74 Å². The van der Waals surface area contributed by atoms with Crippen molar-refractivity contribution < 1.29 is 9.53 Å². The lowest BCUT2D eigenvalue weighted by molar-refractivity contribution is -0.142. The SMILES string of the molecule is C/C=C\C(=O)O[C@H](C)CC[C@@H](CC)CCCC. The molecule has 0 aliphatic rings. The molecule has 2 atom stereocenters. The average Bonchev–Trinajstić information content (AvgIpc) is 2.29. The fraction of sp³-hybridized carbons (Fsp3) is 0.800. The first-order valence-corrected chi connectivity index (χ1v) is 6.97. The monoisotopic (exact) mass is 240 g/mol. The predicted octanol–water partition coefficient (Wildman–Crippen LogP) is 4.49. The highest BCUT2D eigenvalue weighted by atomic mass is 16.5. The number of allylic oxidation sites excluding steroid dienone is 1. The van der Waals surface area contributed by atoms with E-state index in [1.54, 1.807) is 6.08 Å². The summed E-state index contributed by atoms with van der Waals surface area (Å²) >= 11 is 0. The van der Waals surface area contributed by atoms with Gasteiger partial charge in [0.15, 0.2) is 0 Å². The maximum Gasteiger partial charge on any atom is 0.330 e. The lowest BCUT2D eigenvalue weighted by Crippen LogP contribution is -2.14. The molecule has 0 saturated carbocycles. The smallest absolute Gasteiger partial charge is 0.330 e. The normalized spacial score (nSPS) is 14.8. The summed E-state index contributed by atoms with van der Waals surface area (Å²) in [7, 11) is 0. The van der Waals surface area contributed by atoms with Crippen LogP contribution in [-0.4, -0.2) is 12.1 Å². The molecule has 0 aliphatic heterocycles. The molecule has 0 unspecified atom stereocenters. The molecule has 2 nitrogen and oxygen atoms in total. The lowest BCUT2D eigenvalue weighted by Gasteiger charge is -2.17. The van der Waals surface area contributed by atoms with E-state index in [9.17, 15) is 4.79 Å². The molecule has 0 aliphatic carbocycles. The molecule has 17 heavy (non-hydrogen) atoms. The van der Waals surface area contributed by atoms with Gasteiger partial charge in [-0.05, 0) is 32.6 Å². The Labute approximate surface area is 106 Å². The molecule has 0 amide bonds. The zero-order valence-corrected chi connectivity index (χ0v) is 11.9. The van der Waals surface area contributed by atoms with Crippen molar-refractivity contribution in [2.75, 3.05) is 0 Å². The Hall–Kier alpha value is -0.790. The Morgan fingerprint density at radius 2 is 1.94 bits per heavy atom. The highest BCUT2D eigenvalue weighted by Gasteiger charge is 2.11. The minimum atomic E-state index is -0.221. The fourth-order valence-corrected chi connectivity index (χ4v) is 1.95. The zero-order valence-electron chi connectivity index (χ0n) is 11.9. The van der Waals surface area contributed by atoms with E-state index in [0.29, 0.717) is 0 Å². The van der Waals surface area contributed by atoms with E-state index in [1.165, 1.54) is 38.2 Å². The van der Waals surface area contributed by atoms with Crippen LogP contribution >= 0.6 is 0 Å². The van der Waals surface area contributed by atoms with Gasteiger partial charge < -0.3 is 4.74 Å². The third-order valence-electron chi connectivity index (χ3n) is 3.14. The molecule has 0 fully saturated rings. The van der Waals surface area contributed by atoms with Crippen molar-refractivity contribution in [3.05, 3.63) is 12.2 Å². The van der Waals surface area contributed by atoms with Gasteiger partial charge in [-0.3, -0.25) is 0 Å². The molecule has 0 bridgehead atoms. The Balaban J connectivity index is 3.79. The second-order valence-corrected chi connectivity index (χ2v) is 4.74. The van der Waals surface area contributed by atoms with Crippen LogP contribution in [0.2, 0.25) is 0 Å². The van der Waals surface area contributed by atoms with Gasteiger partial charge in [0.05, 0.1) is 6.10 Å². The molecular weight excluding hydrogens is 212 g/mol. The number of hydrogen-bond acceptors (Lipinski definition) is 2. The van der Waals surface area contributed by atoms with E-state index >= 15 is 0 Å². The Bertz CT molecular complexity index is 221. The van der Waals surface area contributed by atoms with E-state index in [0.717, 1.165) is 12.3 Å². The summed E-state index contributed by atoms with van der Waals surface area (Å²) in [4.78, 5) is 11.2. The number of carbonyl (C=O) groups is 1. The largest absolute Gasteiger partial charge is 0.460 e. The lowest BCUT2D eigenvalue weighted by atomic mass is 9.93. The second-order valence-electron chi connectivity index (χ2n) is 4.74. The quantitative estimate of drug-likeness (QED) is 0.438. The predicted molar refractivity (Wildman–Crippen MR) is 72.9 cm³/mol. The highest BCUT2D eigenvalue weighted by molar-refractivity contribution is 5.81. The van der Waals surface area contributed by atoms with E-state index in [1.807, 2.05) is 13.8 Å². The van der Waals surface area contributed by atoms with Crippen LogP contribution in [0.5, 0.6) is 0 Å². The molecule has 0 aromatic heterocycles. The van der Waals surface area contributed by atoms with Crippen molar-refractivity contribution in [3.63, 3.8) is 0 Å². The molecule has 0 heterocycles. The van der Waals surface area contributed by atoms with Crippen molar-refractivity contribution in [2.24, 2.45) is 5.92 Å². The number of unbranched alkanes of at least 4 members (excludes halogenated alkanes) is 1. The van der Waals surface area contributed by atoms with Gasteiger partial charge >= 0.3 is 5.97 Å². The minimum Gasteiger partial charge on any atom is -0.460 e. The highest BCUT2D eigenvalue weighted by Crippen LogP contribution is 2.20. The molecule has 0 spiro atoms. The molecule has 2 heteroatoms. The Morgan fingerprint density at radius 3 is 2.47 bits per heavy atom. The van der Waals surface area contributed by atoms with E-state index in [-0.39, 0.29) is 12.1 Å². The third kappa shape index (κ3) is 8.96. The number of carbonyl (C=O) groups excluding carboxylic acids is 1. The molecule has 0 aromatic carbocycles. The summed E-state index contributed by atoms with van der Waals surface area (Å²) in [5, 5.41) is 0. The van der Waals surface area contributed by atoms with Crippen LogP contribution in [-0.2, 0) is 9.53 Å². The zero-order chi connectivity index (χ0) is 13.1. The molecule has 0 saturated heterocycles. The minimum absolute atomic E-state index is 0.0365. The Kier molecular flexibility index (Phi) is 9.89. The summed E-state index contributed by atoms with van der Waals surface area (Å²) < 4.78 is 5.26. The molecule has 0 rings (SSSR count). The number of ether oxygens (including phenoxy) is 1. The van der Waals surface area contributed by atoms with Crippen LogP contribution in [0.15, 0.2) is 12.2 Å². The summed E-state index contributed by atoms with van der Waals surface area (Å²) in [6.07, 6.45) is 10.5. The average molecular weight is 240 g/mol. The summed E-state index contributed by atoms with van der Waals surface area (Å²) in [5.74, 6) is 0.569. The van der Waals surface area contributed by atoms with Crippen LogP contribution in [0.25, 0.3) is 0 Å². The Morgan fingerprint density at radius 1 is 1.24 bits per heavy atom. The molecular formula is C15H28O2. The first-order chi connectivity index (χ1) is 8.13. The van der Waals surface area contributed by atoms with Gasteiger partial charge in [-0.15, -0.1) is 0 Å². The van der Waals surface area contributed by atoms with Crippen molar-refractivity contribution in [1.82, 2.24) is 0 Å². The van der Waals surface area contributed by atoms with Gasteiger partial charge in [0.1, 0.15) is 0 Å². The molecule has 0 N–H and O–H groups in total.